The lowest BCUT2D eigenvalue weighted by Gasteiger charge is -2.32. The maximum absolute atomic E-state index is 12.3. The van der Waals surface area contributed by atoms with E-state index in [0.29, 0.717) is 18.8 Å². The first-order valence-corrected chi connectivity index (χ1v) is 9.39. The zero-order chi connectivity index (χ0) is 15.9. The van der Waals surface area contributed by atoms with Crippen molar-refractivity contribution in [3.05, 3.63) is 20.8 Å². The molecular weight excluding hydrogens is 366 g/mol. The molecule has 2 heterocycles. The van der Waals surface area contributed by atoms with Crippen LogP contribution in [0, 0.1) is 5.92 Å². The van der Waals surface area contributed by atoms with Crippen LogP contribution in [0.2, 0.25) is 0 Å². The van der Waals surface area contributed by atoms with Crippen LogP contribution >= 0.6 is 27.3 Å². The van der Waals surface area contributed by atoms with Crippen molar-refractivity contribution >= 4 is 39.1 Å². The van der Waals surface area contributed by atoms with E-state index in [1.165, 1.54) is 4.88 Å². The Bertz CT molecular complexity index is 517. The standard InChI is InChI=1S/C16H22BrNO3S/c17-14-8-7-13(22-14)4-1-5-15(19)18-10-2-3-12(11-18)6-9-16(20)21/h7-8,12H,1-6,9-11H2,(H,20,21). The van der Waals surface area contributed by atoms with Crippen molar-refractivity contribution in [2.45, 2.75) is 44.9 Å². The molecule has 1 aromatic heterocycles. The minimum absolute atomic E-state index is 0.208. The first kappa shape index (κ1) is 17.5. The number of piperidine rings is 1. The molecular formula is C16H22BrNO3S. The molecule has 0 spiro atoms. The van der Waals surface area contributed by atoms with E-state index in [4.69, 9.17) is 5.11 Å². The summed E-state index contributed by atoms with van der Waals surface area (Å²) in [6, 6.07) is 4.14. The summed E-state index contributed by atoms with van der Waals surface area (Å²) in [5.41, 5.74) is 0. The zero-order valence-corrected chi connectivity index (χ0v) is 15.0. The Morgan fingerprint density at radius 2 is 2.18 bits per heavy atom. The second-order valence-corrected chi connectivity index (χ2v) is 8.39. The van der Waals surface area contributed by atoms with Gasteiger partial charge in [0.05, 0.1) is 3.79 Å². The molecule has 2 rings (SSSR count). The quantitative estimate of drug-likeness (QED) is 0.770. The van der Waals surface area contributed by atoms with Crippen LogP contribution < -0.4 is 0 Å². The normalized spacial score (nSPS) is 18.4. The highest BCUT2D eigenvalue weighted by Crippen LogP contribution is 2.24. The molecule has 0 radical (unpaired) electrons. The Morgan fingerprint density at radius 1 is 1.36 bits per heavy atom. The zero-order valence-electron chi connectivity index (χ0n) is 12.6. The number of amides is 1. The number of carboxylic acid groups (broad SMARTS) is 1. The molecule has 22 heavy (non-hydrogen) atoms. The molecule has 6 heteroatoms. The molecule has 1 fully saturated rings. The van der Waals surface area contributed by atoms with Crippen LogP contribution in [0.5, 0.6) is 0 Å². The first-order chi connectivity index (χ1) is 10.5. The van der Waals surface area contributed by atoms with Gasteiger partial charge in [0.2, 0.25) is 5.91 Å². The van der Waals surface area contributed by atoms with Gasteiger partial charge in [0.1, 0.15) is 0 Å². The molecule has 1 aromatic rings. The predicted octanol–water partition coefficient (Wildman–Crippen LogP) is 3.94. The van der Waals surface area contributed by atoms with Gasteiger partial charge in [0, 0.05) is 30.8 Å². The highest BCUT2D eigenvalue weighted by atomic mass is 79.9. The van der Waals surface area contributed by atoms with Crippen molar-refractivity contribution in [3.63, 3.8) is 0 Å². The number of hydrogen-bond donors (Lipinski definition) is 1. The fourth-order valence-corrected chi connectivity index (χ4v) is 4.44. The van der Waals surface area contributed by atoms with E-state index in [2.05, 4.69) is 22.0 Å². The number of carbonyl (C=O) groups excluding carboxylic acids is 1. The minimum atomic E-state index is -0.745. The fraction of sp³-hybridized carbons (Fsp3) is 0.625. The molecule has 0 aromatic carbocycles. The number of thiophene rings is 1. The predicted molar refractivity (Wildman–Crippen MR) is 91.1 cm³/mol. The van der Waals surface area contributed by atoms with Crippen LogP contribution in [-0.4, -0.2) is 35.0 Å². The highest BCUT2D eigenvalue weighted by molar-refractivity contribution is 9.11. The molecule has 1 N–H and O–H groups in total. The monoisotopic (exact) mass is 387 g/mol. The van der Waals surface area contributed by atoms with E-state index in [-0.39, 0.29) is 12.3 Å². The third kappa shape index (κ3) is 5.72. The number of carbonyl (C=O) groups is 2. The number of likely N-dealkylation sites (tertiary alicyclic amines) is 1. The smallest absolute Gasteiger partial charge is 0.303 e. The van der Waals surface area contributed by atoms with Crippen molar-refractivity contribution in [1.82, 2.24) is 4.90 Å². The molecule has 1 unspecified atom stereocenters. The largest absolute Gasteiger partial charge is 0.481 e. The van der Waals surface area contributed by atoms with E-state index in [9.17, 15) is 9.59 Å². The molecule has 1 atom stereocenters. The summed E-state index contributed by atoms with van der Waals surface area (Å²) in [6.07, 6.45) is 5.33. The maximum atomic E-state index is 12.3. The molecule has 0 bridgehead atoms. The van der Waals surface area contributed by atoms with Crippen LogP contribution in [0.1, 0.15) is 43.4 Å². The third-order valence-corrected chi connectivity index (χ3v) is 5.76. The van der Waals surface area contributed by atoms with Gasteiger partial charge < -0.3 is 10.0 Å². The average molecular weight is 388 g/mol. The van der Waals surface area contributed by atoms with E-state index in [0.717, 1.165) is 42.6 Å². The van der Waals surface area contributed by atoms with Crippen molar-refractivity contribution in [1.29, 1.82) is 0 Å². The van der Waals surface area contributed by atoms with Gasteiger partial charge in [-0.15, -0.1) is 11.3 Å². The SMILES string of the molecule is O=C(O)CCC1CCCN(C(=O)CCCc2ccc(Br)s2)C1. The first-order valence-electron chi connectivity index (χ1n) is 7.78. The third-order valence-electron chi connectivity index (χ3n) is 4.08. The Kier molecular flexibility index (Phi) is 6.89. The van der Waals surface area contributed by atoms with Gasteiger partial charge in [-0.2, -0.15) is 0 Å². The maximum Gasteiger partial charge on any atom is 0.303 e. The number of rotatable bonds is 7. The molecule has 1 aliphatic rings. The number of hydrogen-bond acceptors (Lipinski definition) is 3. The topological polar surface area (TPSA) is 57.6 Å². The van der Waals surface area contributed by atoms with Crippen LogP contribution in [-0.2, 0) is 16.0 Å². The minimum Gasteiger partial charge on any atom is -0.481 e. The van der Waals surface area contributed by atoms with Crippen molar-refractivity contribution in [2.24, 2.45) is 5.92 Å². The number of nitrogens with zero attached hydrogens (tertiary/aromatic N) is 1. The lowest BCUT2D eigenvalue weighted by Crippen LogP contribution is -2.40. The van der Waals surface area contributed by atoms with Gasteiger partial charge in [-0.25, -0.2) is 0 Å². The lowest BCUT2D eigenvalue weighted by atomic mass is 9.93. The number of aliphatic carboxylic acids is 1. The summed E-state index contributed by atoms with van der Waals surface area (Å²) in [6.45, 7) is 1.56. The number of halogens is 1. The molecule has 122 valence electrons. The summed E-state index contributed by atoms with van der Waals surface area (Å²) in [4.78, 5) is 26.2. The van der Waals surface area contributed by atoms with Crippen molar-refractivity contribution < 1.29 is 14.7 Å². The van der Waals surface area contributed by atoms with E-state index in [1.54, 1.807) is 11.3 Å². The van der Waals surface area contributed by atoms with Crippen LogP contribution in [0.25, 0.3) is 0 Å². The van der Waals surface area contributed by atoms with Gasteiger partial charge >= 0.3 is 5.97 Å². The van der Waals surface area contributed by atoms with E-state index < -0.39 is 5.97 Å². The second kappa shape index (κ2) is 8.67. The van der Waals surface area contributed by atoms with Crippen LogP contribution in [0.4, 0.5) is 0 Å². The summed E-state index contributed by atoms with van der Waals surface area (Å²) < 4.78 is 1.13. The summed E-state index contributed by atoms with van der Waals surface area (Å²) in [7, 11) is 0. The Labute approximate surface area is 143 Å². The summed E-state index contributed by atoms with van der Waals surface area (Å²) in [5.74, 6) is -0.178. The molecule has 4 nitrogen and oxygen atoms in total. The Balaban J connectivity index is 1.70. The summed E-state index contributed by atoms with van der Waals surface area (Å²) >= 11 is 5.17. The molecule has 1 amide bonds. The Hall–Kier alpha value is -0.880. The van der Waals surface area contributed by atoms with Crippen molar-refractivity contribution in [3.8, 4) is 0 Å². The molecule has 1 aliphatic heterocycles. The fourth-order valence-electron chi connectivity index (χ4n) is 2.91. The molecule has 0 aliphatic carbocycles. The van der Waals surface area contributed by atoms with Gasteiger partial charge in [-0.1, -0.05) is 0 Å². The summed E-state index contributed by atoms with van der Waals surface area (Å²) in [5, 5.41) is 8.76. The van der Waals surface area contributed by atoms with Crippen LogP contribution in [0.3, 0.4) is 0 Å². The number of carboxylic acids is 1. The number of aryl methyl sites for hydroxylation is 1. The average Bonchev–Trinajstić information content (AvgIpc) is 2.91. The van der Waals surface area contributed by atoms with E-state index >= 15 is 0 Å². The Morgan fingerprint density at radius 3 is 2.86 bits per heavy atom. The van der Waals surface area contributed by atoms with Crippen molar-refractivity contribution in [2.75, 3.05) is 13.1 Å². The van der Waals surface area contributed by atoms with E-state index in [1.807, 2.05) is 11.0 Å². The van der Waals surface area contributed by atoms with Gasteiger partial charge in [-0.3, -0.25) is 9.59 Å². The molecule has 0 saturated carbocycles. The van der Waals surface area contributed by atoms with Gasteiger partial charge in [0.15, 0.2) is 0 Å². The highest BCUT2D eigenvalue weighted by Gasteiger charge is 2.23. The molecule has 1 saturated heterocycles. The second-order valence-electron chi connectivity index (χ2n) is 5.84. The van der Waals surface area contributed by atoms with Gasteiger partial charge in [-0.05, 0) is 66.1 Å². The van der Waals surface area contributed by atoms with Crippen LogP contribution in [0.15, 0.2) is 15.9 Å². The van der Waals surface area contributed by atoms with Gasteiger partial charge in [0.25, 0.3) is 0 Å². The lowest BCUT2D eigenvalue weighted by molar-refractivity contribution is -0.137.